The Balaban J connectivity index is 2.48. The SMILES string of the molecule is Cc1cccc(NS(=O)(=O)c2cc(Br)c(F)cc2N)c1C. The van der Waals surface area contributed by atoms with E-state index in [9.17, 15) is 12.8 Å². The number of nitrogens with two attached hydrogens (primary N) is 1. The van der Waals surface area contributed by atoms with Gasteiger partial charge in [-0.1, -0.05) is 12.1 Å². The number of anilines is 2. The van der Waals surface area contributed by atoms with Crippen molar-refractivity contribution < 1.29 is 12.8 Å². The van der Waals surface area contributed by atoms with Crippen molar-refractivity contribution in [3.63, 3.8) is 0 Å². The van der Waals surface area contributed by atoms with Crippen LogP contribution in [-0.4, -0.2) is 8.42 Å². The molecule has 4 nitrogen and oxygen atoms in total. The number of nitrogens with one attached hydrogen (secondary N) is 1. The lowest BCUT2D eigenvalue weighted by molar-refractivity contribution is 0.599. The molecule has 0 aliphatic heterocycles. The number of sulfonamides is 1. The summed E-state index contributed by atoms with van der Waals surface area (Å²) in [5.74, 6) is -0.613. The van der Waals surface area contributed by atoms with E-state index in [0.29, 0.717) is 5.69 Å². The first-order valence-electron chi connectivity index (χ1n) is 6.06. The van der Waals surface area contributed by atoms with Gasteiger partial charge < -0.3 is 5.73 Å². The van der Waals surface area contributed by atoms with Gasteiger partial charge in [-0.05, 0) is 59.1 Å². The molecule has 0 amide bonds. The molecule has 0 bridgehead atoms. The summed E-state index contributed by atoms with van der Waals surface area (Å²) in [6.07, 6.45) is 0. The molecule has 0 atom stereocenters. The molecule has 7 heteroatoms. The third-order valence-corrected chi connectivity index (χ3v) is 5.22. The maximum atomic E-state index is 13.3. The van der Waals surface area contributed by atoms with Gasteiger partial charge in [-0.25, -0.2) is 12.8 Å². The molecule has 0 aliphatic rings. The lowest BCUT2D eigenvalue weighted by atomic mass is 10.1. The summed E-state index contributed by atoms with van der Waals surface area (Å²) in [5.41, 5.74) is 7.72. The third kappa shape index (κ3) is 3.19. The zero-order valence-corrected chi connectivity index (χ0v) is 13.8. The highest BCUT2D eigenvalue weighted by molar-refractivity contribution is 9.10. The van der Waals surface area contributed by atoms with Gasteiger partial charge in [0, 0.05) is 0 Å². The molecule has 0 aliphatic carbocycles. The highest BCUT2D eigenvalue weighted by Crippen LogP contribution is 2.28. The van der Waals surface area contributed by atoms with Gasteiger partial charge in [-0.3, -0.25) is 4.72 Å². The van der Waals surface area contributed by atoms with Crippen molar-refractivity contribution in [1.82, 2.24) is 0 Å². The van der Waals surface area contributed by atoms with Crippen LogP contribution in [0, 0.1) is 19.7 Å². The van der Waals surface area contributed by atoms with Crippen molar-refractivity contribution in [2.75, 3.05) is 10.5 Å². The van der Waals surface area contributed by atoms with Gasteiger partial charge in [-0.15, -0.1) is 0 Å². The Morgan fingerprint density at radius 2 is 1.90 bits per heavy atom. The molecule has 3 N–H and O–H groups in total. The molecule has 21 heavy (non-hydrogen) atoms. The molecular formula is C14H14BrFN2O2S. The van der Waals surface area contributed by atoms with Crippen LogP contribution in [0.5, 0.6) is 0 Å². The molecule has 0 saturated carbocycles. The molecule has 0 aromatic heterocycles. The van der Waals surface area contributed by atoms with Crippen LogP contribution in [0.2, 0.25) is 0 Å². The Bertz CT molecular complexity index is 807. The van der Waals surface area contributed by atoms with E-state index in [1.54, 1.807) is 12.1 Å². The van der Waals surface area contributed by atoms with Crippen molar-refractivity contribution in [2.24, 2.45) is 0 Å². The monoisotopic (exact) mass is 372 g/mol. The fourth-order valence-electron chi connectivity index (χ4n) is 1.84. The van der Waals surface area contributed by atoms with Crippen LogP contribution in [0.4, 0.5) is 15.8 Å². The van der Waals surface area contributed by atoms with E-state index in [-0.39, 0.29) is 15.1 Å². The van der Waals surface area contributed by atoms with E-state index in [1.165, 1.54) is 0 Å². The van der Waals surface area contributed by atoms with Gasteiger partial charge in [0.15, 0.2) is 0 Å². The summed E-state index contributed by atoms with van der Waals surface area (Å²) in [6.45, 7) is 3.70. The number of hydrogen-bond acceptors (Lipinski definition) is 3. The highest BCUT2D eigenvalue weighted by Gasteiger charge is 2.20. The van der Waals surface area contributed by atoms with Gasteiger partial charge in [0.25, 0.3) is 10.0 Å². The molecule has 0 fully saturated rings. The Kier molecular flexibility index (Phi) is 4.25. The zero-order chi connectivity index (χ0) is 15.8. The quantitative estimate of drug-likeness (QED) is 0.808. The number of benzene rings is 2. The summed E-state index contributed by atoms with van der Waals surface area (Å²) in [4.78, 5) is -0.170. The fraction of sp³-hybridized carbons (Fsp3) is 0.143. The summed E-state index contributed by atoms with van der Waals surface area (Å²) < 4.78 is 40.7. The Labute approximate surface area is 131 Å². The van der Waals surface area contributed by atoms with E-state index < -0.39 is 15.8 Å². The molecular weight excluding hydrogens is 359 g/mol. The van der Waals surface area contributed by atoms with Crippen molar-refractivity contribution in [3.8, 4) is 0 Å². The second-order valence-corrected chi connectivity index (χ2v) is 7.16. The fourth-order valence-corrected chi connectivity index (χ4v) is 3.60. The van der Waals surface area contributed by atoms with E-state index in [4.69, 9.17) is 5.73 Å². The summed E-state index contributed by atoms with van der Waals surface area (Å²) in [7, 11) is -3.89. The second kappa shape index (κ2) is 5.65. The average molecular weight is 373 g/mol. The van der Waals surface area contributed by atoms with Crippen molar-refractivity contribution in [2.45, 2.75) is 18.7 Å². The number of nitrogen functional groups attached to an aromatic ring is 1. The predicted molar refractivity (Wildman–Crippen MR) is 85.2 cm³/mol. The first-order valence-corrected chi connectivity index (χ1v) is 8.33. The summed E-state index contributed by atoms with van der Waals surface area (Å²) >= 11 is 2.96. The Morgan fingerprint density at radius 1 is 1.24 bits per heavy atom. The minimum absolute atomic E-state index is 0.0399. The van der Waals surface area contributed by atoms with Crippen LogP contribution in [0.3, 0.4) is 0 Å². The maximum absolute atomic E-state index is 13.3. The third-order valence-electron chi connectivity index (χ3n) is 3.19. The molecule has 0 saturated heterocycles. The van der Waals surface area contributed by atoms with Crippen LogP contribution in [0.1, 0.15) is 11.1 Å². The van der Waals surface area contributed by atoms with E-state index in [1.807, 2.05) is 19.9 Å². The van der Waals surface area contributed by atoms with Gasteiger partial charge in [-0.2, -0.15) is 0 Å². The van der Waals surface area contributed by atoms with Gasteiger partial charge in [0.1, 0.15) is 10.7 Å². The lowest BCUT2D eigenvalue weighted by Crippen LogP contribution is -2.16. The van der Waals surface area contributed by atoms with Crippen molar-refractivity contribution >= 4 is 37.3 Å². The predicted octanol–water partition coefficient (Wildman–Crippen LogP) is 3.59. The van der Waals surface area contributed by atoms with Gasteiger partial charge in [0.2, 0.25) is 0 Å². The minimum atomic E-state index is -3.89. The van der Waals surface area contributed by atoms with Crippen LogP contribution in [0.15, 0.2) is 39.7 Å². The smallest absolute Gasteiger partial charge is 0.263 e. The Morgan fingerprint density at radius 3 is 2.57 bits per heavy atom. The molecule has 0 heterocycles. The van der Waals surface area contributed by atoms with Crippen LogP contribution >= 0.6 is 15.9 Å². The minimum Gasteiger partial charge on any atom is -0.398 e. The van der Waals surface area contributed by atoms with E-state index in [0.717, 1.165) is 23.3 Å². The maximum Gasteiger partial charge on any atom is 0.263 e. The van der Waals surface area contributed by atoms with Crippen molar-refractivity contribution in [1.29, 1.82) is 0 Å². The summed E-state index contributed by atoms with van der Waals surface area (Å²) in [6, 6.07) is 7.43. The molecule has 2 aromatic carbocycles. The topological polar surface area (TPSA) is 72.2 Å². The molecule has 2 rings (SSSR count). The van der Waals surface area contributed by atoms with Crippen molar-refractivity contribution in [3.05, 3.63) is 51.7 Å². The van der Waals surface area contributed by atoms with Gasteiger partial charge in [0.05, 0.1) is 15.8 Å². The normalized spacial score (nSPS) is 11.4. The van der Waals surface area contributed by atoms with Crippen LogP contribution < -0.4 is 10.5 Å². The molecule has 0 unspecified atom stereocenters. The standard InChI is InChI=1S/C14H14BrFN2O2S/c1-8-4-3-5-13(9(8)2)18-21(19,20)14-6-10(15)11(16)7-12(14)17/h3-7,18H,17H2,1-2H3. The average Bonchev–Trinajstić information content (AvgIpc) is 2.39. The molecule has 0 radical (unpaired) electrons. The van der Waals surface area contributed by atoms with Crippen LogP contribution in [0.25, 0.3) is 0 Å². The van der Waals surface area contributed by atoms with Crippen LogP contribution in [-0.2, 0) is 10.0 Å². The first kappa shape index (κ1) is 15.8. The molecule has 0 spiro atoms. The van der Waals surface area contributed by atoms with Gasteiger partial charge >= 0.3 is 0 Å². The lowest BCUT2D eigenvalue weighted by Gasteiger charge is -2.14. The van der Waals surface area contributed by atoms with E-state index >= 15 is 0 Å². The highest BCUT2D eigenvalue weighted by atomic mass is 79.9. The number of halogens is 2. The molecule has 2 aromatic rings. The molecule has 112 valence electrons. The Hall–Kier alpha value is -1.60. The largest absolute Gasteiger partial charge is 0.398 e. The number of hydrogen-bond donors (Lipinski definition) is 2. The van der Waals surface area contributed by atoms with E-state index in [2.05, 4.69) is 20.7 Å². The zero-order valence-electron chi connectivity index (χ0n) is 11.4. The second-order valence-electron chi connectivity index (χ2n) is 4.66. The first-order chi connectivity index (χ1) is 9.72. The number of aryl methyl sites for hydroxylation is 1. The summed E-state index contributed by atoms with van der Waals surface area (Å²) in [5, 5.41) is 0. The number of rotatable bonds is 3.